The van der Waals surface area contributed by atoms with Crippen LogP contribution in [0.15, 0.2) is 40.5 Å². The second kappa shape index (κ2) is 5.15. The van der Waals surface area contributed by atoms with Crippen molar-refractivity contribution in [2.45, 2.75) is 6.54 Å². The number of hydrogen-bond donors (Lipinski definition) is 2. The summed E-state index contributed by atoms with van der Waals surface area (Å²) in [5.74, 6) is 0.572. The largest absolute Gasteiger partial charge is 0.378 e. The molecule has 0 aliphatic carbocycles. The van der Waals surface area contributed by atoms with Crippen LogP contribution in [0.3, 0.4) is 0 Å². The van der Waals surface area contributed by atoms with E-state index in [2.05, 4.69) is 21.4 Å². The minimum atomic E-state index is -0.118. The molecule has 0 atom stereocenters. The number of H-pyrrole nitrogens is 1. The van der Waals surface area contributed by atoms with Crippen molar-refractivity contribution < 1.29 is 0 Å². The Morgan fingerprint density at radius 1 is 1.40 bits per heavy atom. The van der Waals surface area contributed by atoms with E-state index in [1.54, 1.807) is 18.2 Å². The Morgan fingerprint density at radius 3 is 3.15 bits per heavy atom. The van der Waals surface area contributed by atoms with Gasteiger partial charge in [0.1, 0.15) is 10.5 Å². The van der Waals surface area contributed by atoms with Crippen LogP contribution >= 0.6 is 11.3 Å². The number of benzene rings is 1. The van der Waals surface area contributed by atoms with Gasteiger partial charge >= 0.3 is 0 Å². The Kier molecular flexibility index (Phi) is 3.19. The number of nitrogens with zero attached hydrogens (tertiary/aromatic N) is 2. The minimum Gasteiger partial charge on any atom is -0.378 e. The molecule has 0 spiro atoms. The van der Waals surface area contributed by atoms with Gasteiger partial charge in [-0.2, -0.15) is 5.26 Å². The van der Waals surface area contributed by atoms with Gasteiger partial charge in [-0.15, -0.1) is 11.3 Å². The van der Waals surface area contributed by atoms with Crippen molar-refractivity contribution in [3.63, 3.8) is 0 Å². The lowest BCUT2D eigenvalue weighted by Crippen LogP contribution is -2.13. The van der Waals surface area contributed by atoms with Gasteiger partial charge in [-0.1, -0.05) is 6.07 Å². The molecule has 2 N–H and O–H groups in total. The van der Waals surface area contributed by atoms with Crippen molar-refractivity contribution in [2.75, 3.05) is 5.32 Å². The molecule has 0 aliphatic rings. The summed E-state index contributed by atoms with van der Waals surface area (Å²) in [7, 11) is 0. The second-order valence-electron chi connectivity index (χ2n) is 4.19. The zero-order chi connectivity index (χ0) is 13.9. The van der Waals surface area contributed by atoms with Gasteiger partial charge < -0.3 is 10.3 Å². The number of rotatable bonds is 3. The molecule has 0 fully saturated rings. The molecule has 5 nitrogen and oxygen atoms in total. The van der Waals surface area contributed by atoms with Crippen molar-refractivity contribution in [2.24, 2.45) is 0 Å². The summed E-state index contributed by atoms with van der Waals surface area (Å²) in [6, 6.07) is 11.1. The van der Waals surface area contributed by atoms with Crippen molar-refractivity contribution >= 4 is 27.2 Å². The predicted molar refractivity (Wildman–Crippen MR) is 78.7 cm³/mol. The Morgan fingerprint density at radius 2 is 2.30 bits per heavy atom. The third kappa shape index (κ3) is 2.39. The van der Waals surface area contributed by atoms with Gasteiger partial charge in [0, 0.05) is 5.69 Å². The fraction of sp³-hybridized carbons (Fsp3) is 0.0714. The number of aromatic amines is 1. The maximum Gasteiger partial charge on any atom is 0.268 e. The number of nitriles is 1. The number of fused-ring (bicyclic) bond motifs is 1. The van der Waals surface area contributed by atoms with Crippen LogP contribution in [-0.2, 0) is 6.54 Å². The molecule has 0 unspecified atom stereocenters. The first-order valence-electron chi connectivity index (χ1n) is 5.97. The quantitative estimate of drug-likeness (QED) is 0.773. The smallest absolute Gasteiger partial charge is 0.268 e. The molecule has 2 aromatic heterocycles. The second-order valence-corrected chi connectivity index (χ2v) is 5.11. The van der Waals surface area contributed by atoms with Crippen molar-refractivity contribution in [1.29, 1.82) is 5.26 Å². The number of thiophene rings is 1. The highest BCUT2D eigenvalue weighted by Gasteiger charge is 2.04. The highest BCUT2D eigenvalue weighted by molar-refractivity contribution is 7.17. The summed E-state index contributed by atoms with van der Waals surface area (Å²) in [6.45, 7) is 0.399. The van der Waals surface area contributed by atoms with Crippen LogP contribution in [0, 0.1) is 11.3 Å². The summed E-state index contributed by atoms with van der Waals surface area (Å²) in [4.78, 5) is 18.9. The normalized spacial score (nSPS) is 10.3. The van der Waals surface area contributed by atoms with Crippen molar-refractivity contribution in [1.82, 2.24) is 9.97 Å². The molecule has 1 aromatic carbocycles. The zero-order valence-electron chi connectivity index (χ0n) is 10.4. The molecular formula is C14H10N4OS. The Bertz CT molecular complexity index is 859. The fourth-order valence-corrected chi connectivity index (χ4v) is 2.62. The van der Waals surface area contributed by atoms with E-state index >= 15 is 0 Å². The zero-order valence-corrected chi connectivity index (χ0v) is 11.2. The highest BCUT2D eigenvalue weighted by Crippen LogP contribution is 2.14. The number of hydrogen-bond acceptors (Lipinski definition) is 5. The minimum absolute atomic E-state index is 0.118. The molecule has 2 heterocycles. The van der Waals surface area contributed by atoms with E-state index in [-0.39, 0.29) is 5.56 Å². The molecule has 0 saturated heterocycles. The lowest BCUT2D eigenvalue weighted by molar-refractivity contribution is 0.955. The molecule has 0 bridgehead atoms. The number of aromatic nitrogens is 2. The molecule has 0 aliphatic heterocycles. The third-order valence-corrected chi connectivity index (χ3v) is 3.72. The van der Waals surface area contributed by atoms with Crippen LogP contribution in [-0.4, -0.2) is 9.97 Å². The van der Waals surface area contributed by atoms with Gasteiger partial charge in [0.25, 0.3) is 5.56 Å². The maximum absolute atomic E-state index is 11.8. The van der Waals surface area contributed by atoms with Crippen LogP contribution in [0.25, 0.3) is 10.2 Å². The van der Waals surface area contributed by atoms with Gasteiger partial charge in [-0.25, -0.2) is 4.98 Å². The summed E-state index contributed by atoms with van der Waals surface area (Å²) >= 11 is 1.38. The fourth-order valence-electron chi connectivity index (χ4n) is 1.89. The molecule has 3 aromatic rings. The van der Waals surface area contributed by atoms with Crippen molar-refractivity contribution in [3.05, 3.63) is 57.5 Å². The SMILES string of the molecule is N#Cc1cccc(NCc2nc3ccsc3c(=O)[nH]2)c1. The Labute approximate surface area is 118 Å². The van der Waals surface area contributed by atoms with Crippen LogP contribution < -0.4 is 10.9 Å². The summed E-state index contributed by atoms with van der Waals surface area (Å²) < 4.78 is 0.639. The van der Waals surface area contributed by atoms with E-state index in [1.165, 1.54) is 11.3 Å². The average molecular weight is 282 g/mol. The lowest BCUT2D eigenvalue weighted by atomic mass is 10.2. The summed E-state index contributed by atoms with van der Waals surface area (Å²) in [5.41, 5.74) is 2.00. The van der Waals surface area contributed by atoms with Crippen LogP contribution in [0.4, 0.5) is 5.69 Å². The number of anilines is 1. The first-order valence-corrected chi connectivity index (χ1v) is 6.84. The van der Waals surface area contributed by atoms with E-state index in [4.69, 9.17) is 5.26 Å². The Balaban J connectivity index is 1.83. The Hall–Kier alpha value is -2.65. The average Bonchev–Trinajstić information content (AvgIpc) is 2.94. The summed E-state index contributed by atoms with van der Waals surface area (Å²) in [6.07, 6.45) is 0. The molecule has 6 heteroatoms. The van der Waals surface area contributed by atoms with Gasteiger partial charge in [0.15, 0.2) is 0 Å². The van der Waals surface area contributed by atoms with Crippen LogP contribution in [0.5, 0.6) is 0 Å². The lowest BCUT2D eigenvalue weighted by Gasteiger charge is -2.06. The summed E-state index contributed by atoms with van der Waals surface area (Å²) in [5, 5.41) is 13.8. The molecule has 98 valence electrons. The predicted octanol–water partition coefficient (Wildman–Crippen LogP) is 2.47. The van der Waals surface area contributed by atoms with Gasteiger partial charge in [0.2, 0.25) is 0 Å². The van der Waals surface area contributed by atoms with E-state index in [1.807, 2.05) is 17.5 Å². The molecule has 20 heavy (non-hydrogen) atoms. The standard InChI is InChI=1S/C14H10N4OS/c15-7-9-2-1-3-10(6-9)16-8-12-17-11-4-5-20-13(11)14(19)18-12/h1-6,16H,8H2,(H,17,18,19). The molecular weight excluding hydrogens is 272 g/mol. The van der Waals surface area contributed by atoms with E-state index in [0.717, 1.165) is 5.69 Å². The van der Waals surface area contributed by atoms with E-state index < -0.39 is 0 Å². The maximum atomic E-state index is 11.8. The topological polar surface area (TPSA) is 81.6 Å². The van der Waals surface area contributed by atoms with Crippen molar-refractivity contribution in [3.8, 4) is 6.07 Å². The highest BCUT2D eigenvalue weighted by atomic mass is 32.1. The molecule has 3 rings (SSSR count). The molecule has 0 saturated carbocycles. The monoisotopic (exact) mass is 282 g/mol. The van der Waals surface area contributed by atoms with Gasteiger partial charge in [-0.05, 0) is 29.6 Å². The van der Waals surface area contributed by atoms with Gasteiger partial charge in [0.05, 0.1) is 23.7 Å². The molecule has 0 radical (unpaired) electrons. The molecule has 0 amide bonds. The number of nitrogens with one attached hydrogen (secondary N) is 2. The van der Waals surface area contributed by atoms with E-state index in [9.17, 15) is 4.79 Å². The van der Waals surface area contributed by atoms with Gasteiger partial charge in [-0.3, -0.25) is 4.79 Å². The van der Waals surface area contributed by atoms with Crippen LogP contribution in [0.1, 0.15) is 11.4 Å². The van der Waals surface area contributed by atoms with Crippen LogP contribution in [0.2, 0.25) is 0 Å². The third-order valence-electron chi connectivity index (χ3n) is 2.82. The van der Waals surface area contributed by atoms with E-state index in [0.29, 0.717) is 28.1 Å². The first-order chi connectivity index (χ1) is 9.76. The first kappa shape index (κ1) is 12.4.